The van der Waals surface area contributed by atoms with Gasteiger partial charge in [-0.3, -0.25) is 0 Å². The molecule has 0 radical (unpaired) electrons. The third-order valence-electron chi connectivity index (χ3n) is 11.7. The van der Waals surface area contributed by atoms with Crippen LogP contribution in [0.3, 0.4) is 0 Å². The second kappa shape index (κ2) is 14.9. The van der Waals surface area contributed by atoms with Crippen LogP contribution in [0.15, 0.2) is 222 Å². The van der Waals surface area contributed by atoms with Crippen LogP contribution in [0.25, 0.3) is 59.3 Å². The van der Waals surface area contributed by atoms with Crippen molar-refractivity contribution in [1.29, 1.82) is 0 Å². The van der Waals surface area contributed by atoms with Gasteiger partial charge in [-0.15, -0.1) is 11.3 Å². The first-order chi connectivity index (χ1) is 29.2. The van der Waals surface area contributed by atoms with Gasteiger partial charge in [0.1, 0.15) is 0 Å². The van der Waals surface area contributed by atoms with Crippen LogP contribution in [-0.4, -0.2) is 11.5 Å². The summed E-state index contributed by atoms with van der Waals surface area (Å²) < 4.78 is 2.55. The lowest BCUT2D eigenvalue weighted by Gasteiger charge is -2.29. The molecule has 11 rings (SSSR count). The summed E-state index contributed by atoms with van der Waals surface area (Å²) in [5.41, 5.74) is 16.7. The molecule has 1 aliphatic carbocycles. The van der Waals surface area contributed by atoms with E-state index in [0.29, 0.717) is 11.8 Å². The normalized spacial score (nSPS) is 18.0. The number of nitrogens with zero attached hydrogens (tertiary/aromatic N) is 2. The smallest absolute Gasteiger partial charge is 0.160 e. The molecule has 2 nitrogen and oxygen atoms in total. The zero-order valence-corrected chi connectivity index (χ0v) is 33.1. The molecule has 2 aliphatic rings. The Morgan fingerprint density at radius 2 is 1.08 bits per heavy atom. The Morgan fingerprint density at radius 1 is 0.441 bits per heavy atom. The maximum absolute atomic E-state index is 5.21. The van der Waals surface area contributed by atoms with Gasteiger partial charge in [0.2, 0.25) is 0 Å². The van der Waals surface area contributed by atoms with Gasteiger partial charge < -0.3 is 0 Å². The highest BCUT2D eigenvalue weighted by molar-refractivity contribution is 7.25. The summed E-state index contributed by atoms with van der Waals surface area (Å²) in [7, 11) is 0. The monoisotopic (exact) mass is 770 g/mol. The molecule has 1 aliphatic heterocycles. The van der Waals surface area contributed by atoms with Crippen LogP contribution in [0.5, 0.6) is 0 Å². The molecule has 0 amide bonds. The zero-order valence-electron chi connectivity index (χ0n) is 32.3. The molecule has 0 bridgehead atoms. The number of hydrogen-bond acceptors (Lipinski definition) is 3. The zero-order chi connectivity index (χ0) is 39.1. The second-order valence-corrected chi connectivity index (χ2v) is 16.4. The fraction of sp³-hybridized carbons (Fsp3) is 0.0357. The van der Waals surface area contributed by atoms with Gasteiger partial charge in [0.25, 0.3) is 0 Å². The van der Waals surface area contributed by atoms with Crippen LogP contribution in [-0.2, 0) is 6.42 Å². The first-order valence-corrected chi connectivity index (χ1v) is 21.0. The van der Waals surface area contributed by atoms with Gasteiger partial charge in [-0.1, -0.05) is 176 Å². The molecule has 278 valence electrons. The molecule has 3 heteroatoms. The highest BCUT2D eigenvalue weighted by Crippen LogP contribution is 2.45. The van der Waals surface area contributed by atoms with E-state index in [1.165, 1.54) is 70.2 Å². The van der Waals surface area contributed by atoms with Gasteiger partial charge in [-0.25, -0.2) is 9.98 Å². The maximum Gasteiger partial charge on any atom is 0.160 e. The average molecular weight is 771 g/mol. The fourth-order valence-electron chi connectivity index (χ4n) is 8.72. The number of aliphatic imine (C=N–C) groups is 2. The number of thiophene rings is 1. The van der Waals surface area contributed by atoms with Crippen molar-refractivity contribution in [1.82, 2.24) is 0 Å². The molecule has 2 heterocycles. The molecule has 0 spiro atoms. The lowest BCUT2D eigenvalue weighted by molar-refractivity contribution is 0.794. The van der Waals surface area contributed by atoms with Crippen molar-refractivity contribution in [2.75, 3.05) is 0 Å². The van der Waals surface area contributed by atoms with Crippen LogP contribution in [0.4, 0.5) is 0 Å². The van der Waals surface area contributed by atoms with Crippen molar-refractivity contribution >= 4 is 48.8 Å². The molecule has 1 aromatic heterocycles. The highest BCUT2D eigenvalue weighted by Gasteiger charge is 2.26. The lowest BCUT2D eigenvalue weighted by atomic mass is 9.75. The average Bonchev–Trinajstić information content (AvgIpc) is 3.67. The topological polar surface area (TPSA) is 24.7 Å². The SMILES string of the molecule is C1=C/C(c2ccccc2)=N\C(c2ccccc2)=N/C(c2ccc3sc4cc(-c5ccc6c(c5)-c5ccccc5C(c5ccc(-c7ccccc7)cc5)C6)ccc4c3c2)=C/1. The number of amidine groups is 1. The largest absolute Gasteiger partial charge is 0.228 e. The van der Waals surface area contributed by atoms with E-state index in [4.69, 9.17) is 9.98 Å². The summed E-state index contributed by atoms with van der Waals surface area (Å²) in [4.78, 5) is 10.3. The molecule has 0 N–H and O–H groups in total. The van der Waals surface area contributed by atoms with E-state index in [0.717, 1.165) is 34.5 Å². The van der Waals surface area contributed by atoms with Crippen molar-refractivity contribution in [3.8, 4) is 33.4 Å². The number of allylic oxidation sites excluding steroid dienone is 3. The van der Waals surface area contributed by atoms with Crippen molar-refractivity contribution in [3.05, 3.63) is 246 Å². The van der Waals surface area contributed by atoms with Gasteiger partial charge in [-0.05, 0) is 92.9 Å². The summed E-state index contributed by atoms with van der Waals surface area (Å²) in [5.74, 6) is 1.01. The number of fused-ring (bicyclic) bond motifs is 6. The van der Waals surface area contributed by atoms with Crippen LogP contribution in [0.2, 0.25) is 0 Å². The quantitative estimate of drug-likeness (QED) is 0.161. The fourth-order valence-corrected chi connectivity index (χ4v) is 9.84. The summed E-state index contributed by atoms with van der Waals surface area (Å²) in [6.45, 7) is 0. The molecule has 1 unspecified atom stereocenters. The number of benzene rings is 8. The van der Waals surface area contributed by atoms with E-state index in [9.17, 15) is 0 Å². The minimum absolute atomic E-state index is 0.318. The number of rotatable bonds is 6. The van der Waals surface area contributed by atoms with E-state index < -0.39 is 0 Å². The number of hydrogen-bond donors (Lipinski definition) is 0. The van der Waals surface area contributed by atoms with Gasteiger partial charge in [0.05, 0.1) is 11.4 Å². The molecule has 0 saturated carbocycles. The minimum Gasteiger partial charge on any atom is -0.228 e. The molecular weight excluding hydrogens is 733 g/mol. The molecule has 9 aromatic rings. The van der Waals surface area contributed by atoms with Crippen LogP contribution >= 0.6 is 11.3 Å². The van der Waals surface area contributed by atoms with Crippen molar-refractivity contribution in [2.45, 2.75) is 12.3 Å². The summed E-state index contributed by atoms with van der Waals surface area (Å²) in [6.07, 6.45) is 7.23. The van der Waals surface area contributed by atoms with Crippen molar-refractivity contribution in [3.63, 3.8) is 0 Å². The molecular formula is C56H38N2S. The van der Waals surface area contributed by atoms with Crippen LogP contribution in [0.1, 0.15) is 39.3 Å². The standard InChI is InChI=1S/C56H38N2S/c1-4-13-37(14-5-1)38-23-25-39(26-24-38)49-34-44-28-27-42(33-50(44)47-20-11-10-19-46(47)49)43-29-31-48-51-35-45(30-32-54(51)59-55(48)36-43)53-22-12-21-52(40-15-6-2-7-16-40)57-56(58-53)41-17-8-3-9-18-41/h1-33,35-36,49H,34H2/b21-12+,22-12?,52-21?,53-22+,57-52+,57-56?,58-53?,58-56-. The van der Waals surface area contributed by atoms with Gasteiger partial charge in [0.15, 0.2) is 5.84 Å². The van der Waals surface area contributed by atoms with Crippen molar-refractivity contribution < 1.29 is 0 Å². The Morgan fingerprint density at radius 3 is 1.88 bits per heavy atom. The Balaban J connectivity index is 0.914. The van der Waals surface area contributed by atoms with Gasteiger partial charge in [-0.2, -0.15) is 0 Å². The van der Waals surface area contributed by atoms with E-state index in [1.54, 1.807) is 0 Å². The van der Waals surface area contributed by atoms with E-state index in [2.05, 4.69) is 176 Å². The Bertz CT molecular complexity index is 3150. The molecule has 8 aromatic carbocycles. The minimum atomic E-state index is 0.318. The third-order valence-corrected chi connectivity index (χ3v) is 12.9. The second-order valence-electron chi connectivity index (χ2n) is 15.3. The Labute approximate surface area is 348 Å². The predicted octanol–water partition coefficient (Wildman–Crippen LogP) is 14.6. The maximum atomic E-state index is 5.21. The predicted molar refractivity (Wildman–Crippen MR) is 251 cm³/mol. The van der Waals surface area contributed by atoms with E-state index in [-0.39, 0.29) is 0 Å². The first kappa shape index (κ1) is 35.0. The van der Waals surface area contributed by atoms with E-state index in [1.807, 2.05) is 47.7 Å². The van der Waals surface area contributed by atoms with Gasteiger partial charge in [0, 0.05) is 42.8 Å². The molecule has 59 heavy (non-hydrogen) atoms. The highest BCUT2D eigenvalue weighted by atomic mass is 32.1. The summed E-state index contributed by atoms with van der Waals surface area (Å²) in [5, 5.41) is 2.51. The Hall–Kier alpha value is -7.20. The molecule has 1 atom stereocenters. The molecule has 0 saturated heterocycles. The summed E-state index contributed by atoms with van der Waals surface area (Å²) >= 11 is 1.85. The molecule has 0 fully saturated rings. The van der Waals surface area contributed by atoms with Crippen molar-refractivity contribution in [2.24, 2.45) is 9.98 Å². The van der Waals surface area contributed by atoms with E-state index >= 15 is 0 Å². The lowest BCUT2D eigenvalue weighted by Crippen LogP contribution is -2.12. The van der Waals surface area contributed by atoms with Crippen LogP contribution < -0.4 is 0 Å². The third kappa shape index (κ3) is 6.66. The summed E-state index contributed by atoms with van der Waals surface area (Å²) in [6, 6.07) is 70.2. The van der Waals surface area contributed by atoms with Crippen LogP contribution in [0, 0.1) is 0 Å². The first-order valence-electron chi connectivity index (χ1n) is 20.2. The Kier molecular flexibility index (Phi) is 8.87. The van der Waals surface area contributed by atoms with Gasteiger partial charge >= 0.3 is 0 Å².